The van der Waals surface area contributed by atoms with Gasteiger partial charge in [-0.3, -0.25) is 0 Å². The number of benzene rings is 3. The van der Waals surface area contributed by atoms with E-state index in [0.717, 1.165) is 18.5 Å². The molecule has 0 saturated carbocycles. The van der Waals surface area contributed by atoms with Crippen molar-refractivity contribution < 1.29 is 0 Å². The van der Waals surface area contributed by atoms with Gasteiger partial charge in [-0.2, -0.15) is 5.10 Å². The third-order valence-corrected chi connectivity index (χ3v) is 8.96. The first kappa shape index (κ1) is 22.3. The molecule has 37 heavy (non-hydrogen) atoms. The number of para-hydroxylation sites is 1. The van der Waals surface area contributed by atoms with Crippen LogP contribution in [-0.4, -0.2) is 22.2 Å². The van der Waals surface area contributed by atoms with Gasteiger partial charge in [-0.05, 0) is 24.1 Å². The molecule has 3 aliphatic rings. The number of hydrogen-bond donors (Lipinski definition) is 2. The summed E-state index contributed by atoms with van der Waals surface area (Å²) in [5, 5.41) is 7.55. The van der Waals surface area contributed by atoms with Crippen LogP contribution in [0.25, 0.3) is 27.5 Å². The van der Waals surface area contributed by atoms with E-state index in [2.05, 4.69) is 94.0 Å². The van der Waals surface area contributed by atoms with Crippen molar-refractivity contribution >= 4 is 45.1 Å². The molecule has 5 heteroatoms. The second-order valence-corrected chi connectivity index (χ2v) is 11.0. The lowest BCUT2D eigenvalue weighted by Gasteiger charge is -2.21. The summed E-state index contributed by atoms with van der Waals surface area (Å²) in [6, 6.07) is 23.4. The van der Waals surface area contributed by atoms with Crippen molar-refractivity contribution in [2.45, 2.75) is 22.5 Å². The molecular formula is C32H28N4S. The van der Waals surface area contributed by atoms with Gasteiger partial charge in [-0.15, -0.1) is 11.8 Å². The minimum absolute atomic E-state index is 0.321. The molecular weight excluding hydrogens is 472 g/mol. The smallest absolute Gasteiger partial charge is 0.150 e. The quantitative estimate of drug-likeness (QED) is 0.180. The summed E-state index contributed by atoms with van der Waals surface area (Å²) in [5.41, 5.74) is 15.7. The number of nitrogens with one attached hydrogen (secondary N) is 1. The second-order valence-electron chi connectivity index (χ2n) is 9.84. The highest BCUT2D eigenvalue weighted by molar-refractivity contribution is 8.00. The lowest BCUT2D eigenvalue weighted by molar-refractivity contribution is 0.576. The Morgan fingerprint density at radius 1 is 0.919 bits per heavy atom. The van der Waals surface area contributed by atoms with Gasteiger partial charge in [0.15, 0.2) is 5.84 Å². The highest BCUT2D eigenvalue weighted by Gasteiger charge is 2.34. The molecule has 3 unspecified atom stereocenters. The van der Waals surface area contributed by atoms with E-state index in [1.807, 2.05) is 42.1 Å². The number of fused-ring (bicyclic) bond motifs is 7. The minimum Gasteiger partial charge on any atom is -0.382 e. The Labute approximate surface area is 220 Å². The highest BCUT2D eigenvalue weighted by atomic mass is 32.2. The molecule has 1 aliphatic heterocycles. The molecule has 4 aromatic rings. The Hall–Kier alpha value is -3.96. The molecule has 2 aliphatic carbocycles. The number of nitrogens with zero attached hydrogens (tertiary/aromatic N) is 2. The van der Waals surface area contributed by atoms with E-state index in [1.165, 1.54) is 38.0 Å². The molecule has 2 heterocycles. The maximum Gasteiger partial charge on any atom is 0.150 e. The topological polar surface area (TPSA) is 55.3 Å². The van der Waals surface area contributed by atoms with Crippen molar-refractivity contribution in [2.24, 2.45) is 16.8 Å². The van der Waals surface area contributed by atoms with Crippen molar-refractivity contribution in [1.29, 1.82) is 0 Å². The van der Waals surface area contributed by atoms with Crippen LogP contribution in [0.2, 0.25) is 0 Å². The Bertz CT molecular complexity index is 1650. The van der Waals surface area contributed by atoms with Crippen molar-refractivity contribution in [2.75, 3.05) is 6.54 Å². The van der Waals surface area contributed by atoms with Gasteiger partial charge in [-0.1, -0.05) is 97.1 Å². The van der Waals surface area contributed by atoms with E-state index >= 15 is 0 Å². The second kappa shape index (κ2) is 9.16. The number of hydrogen-bond acceptors (Lipinski definition) is 3. The average molecular weight is 501 g/mol. The molecule has 3 N–H and O–H groups in total. The fraction of sp³-hybridized carbons (Fsp3) is 0.156. The van der Waals surface area contributed by atoms with Gasteiger partial charge in [0, 0.05) is 50.6 Å². The van der Waals surface area contributed by atoms with Crippen molar-refractivity contribution in [3.63, 3.8) is 0 Å². The van der Waals surface area contributed by atoms with Gasteiger partial charge in [0.05, 0.1) is 11.0 Å². The van der Waals surface area contributed by atoms with Crippen LogP contribution in [0.15, 0.2) is 119 Å². The monoisotopic (exact) mass is 500 g/mol. The van der Waals surface area contributed by atoms with Crippen molar-refractivity contribution in [3.8, 4) is 0 Å². The van der Waals surface area contributed by atoms with E-state index < -0.39 is 0 Å². The number of aromatic nitrogens is 1. The van der Waals surface area contributed by atoms with Crippen LogP contribution in [0.5, 0.6) is 0 Å². The van der Waals surface area contributed by atoms with Crippen LogP contribution in [-0.2, 0) is 0 Å². The summed E-state index contributed by atoms with van der Waals surface area (Å²) in [4.78, 5) is 1.42. The zero-order valence-electron chi connectivity index (χ0n) is 20.4. The van der Waals surface area contributed by atoms with E-state index in [-0.39, 0.29) is 0 Å². The molecule has 0 spiro atoms. The van der Waals surface area contributed by atoms with Crippen LogP contribution >= 0.6 is 11.8 Å². The maximum atomic E-state index is 6.18. The number of rotatable bonds is 5. The average Bonchev–Trinajstić information content (AvgIpc) is 3.50. The lowest BCUT2D eigenvalue weighted by atomic mass is 9.92. The Morgan fingerprint density at radius 2 is 1.76 bits per heavy atom. The zero-order chi connectivity index (χ0) is 24.8. The van der Waals surface area contributed by atoms with E-state index in [0.29, 0.717) is 22.9 Å². The predicted octanol–water partition coefficient (Wildman–Crippen LogP) is 6.81. The fourth-order valence-corrected chi connectivity index (χ4v) is 7.28. The zero-order valence-corrected chi connectivity index (χ0v) is 21.2. The first-order valence-electron chi connectivity index (χ1n) is 12.8. The van der Waals surface area contributed by atoms with Crippen LogP contribution < -0.4 is 11.2 Å². The Kier molecular flexibility index (Phi) is 5.51. The van der Waals surface area contributed by atoms with Crippen LogP contribution in [0.4, 0.5) is 0 Å². The summed E-state index contributed by atoms with van der Waals surface area (Å²) < 4.78 is 2.51. The van der Waals surface area contributed by atoms with Gasteiger partial charge >= 0.3 is 0 Å². The fourth-order valence-electron chi connectivity index (χ4n) is 5.80. The largest absolute Gasteiger partial charge is 0.382 e. The minimum atomic E-state index is 0.321. The summed E-state index contributed by atoms with van der Waals surface area (Å²) >= 11 is 2.01. The molecule has 3 atom stereocenters. The van der Waals surface area contributed by atoms with Crippen LogP contribution in [0.1, 0.15) is 23.5 Å². The van der Waals surface area contributed by atoms with Gasteiger partial charge in [0.1, 0.15) is 0 Å². The van der Waals surface area contributed by atoms with E-state index in [4.69, 9.17) is 5.73 Å². The Morgan fingerprint density at radius 3 is 2.68 bits per heavy atom. The lowest BCUT2D eigenvalue weighted by Crippen LogP contribution is -2.24. The van der Waals surface area contributed by atoms with Crippen LogP contribution in [0.3, 0.4) is 0 Å². The van der Waals surface area contributed by atoms with Gasteiger partial charge < -0.3 is 15.7 Å². The number of hydrazone groups is 1. The Balaban J connectivity index is 1.23. The number of amidine groups is 1. The van der Waals surface area contributed by atoms with E-state index in [9.17, 15) is 0 Å². The molecule has 0 radical (unpaired) electrons. The van der Waals surface area contributed by atoms with Gasteiger partial charge in [0.25, 0.3) is 0 Å². The molecule has 0 fully saturated rings. The van der Waals surface area contributed by atoms with E-state index in [1.54, 1.807) is 0 Å². The summed E-state index contributed by atoms with van der Waals surface area (Å²) in [6.07, 6.45) is 16.7. The summed E-state index contributed by atoms with van der Waals surface area (Å²) in [5.74, 6) is 1.28. The third kappa shape index (κ3) is 3.82. The van der Waals surface area contributed by atoms with Crippen LogP contribution in [0, 0.1) is 5.92 Å². The summed E-state index contributed by atoms with van der Waals surface area (Å²) in [7, 11) is 0. The first-order valence-corrected chi connectivity index (χ1v) is 13.7. The van der Waals surface area contributed by atoms with Crippen molar-refractivity contribution in [3.05, 3.63) is 120 Å². The normalized spacial score (nSPS) is 22.3. The predicted molar refractivity (Wildman–Crippen MR) is 157 cm³/mol. The third-order valence-electron chi connectivity index (χ3n) is 7.57. The maximum absolute atomic E-state index is 6.18. The molecule has 182 valence electrons. The van der Waals surface area contributed by atoms with Gasteiger partial charge in [-0.25, -0.2) is 0 Å². The molecule has 3 aromatic carbocycles. The molecule has 0 saturated heterocycles. The number of nitrogens with two attached hydrogens (primary N) is 1. The van der Waals surface area contributed by atoms with Crippen molar-refractivity contribution in [1.82, 2.24) is 9.99 Å². The highest BCUT2D eigenvalue weighted by Crippen LogP contribution is 2.52. The number of allylic oxidation sites excluding steroid dienone is 6. The number of thioether (sulfide) groups is 1. The molecule has 0 amide bonds. The first-order chi connectivity index (χ1) is 18.3. The molecule has 1 aromatic heterocycles. The SMILES string of the molecule is N/C(=N\NCC1C=CC=C(n2c3ccccc3c3ccc4c(c32)SC2C=CC=CC42)C1)c1ccccc1. The molecule has 0 bridgehead atoms. The molecule has 4 nitrogen and oxygen atoms in total. The van der Waals surface area contributed by atoms with Gasteiger partial charge in [0.2, 0.25) is 0 Å². The molecule has 7 rings (SSSR count). The summed E-state index contributed by atoms with van der Waals surface area (Å²) in [6.45, 7) is 0.727. The standard InChI is InChI=1S/C32H28N4S/c33-32(22-10-2-1-3-11-22)35-34-20-21-9-8-12-23(19-21)36-28-15-6-4-13-24(28)26-17-18-27-25-14-5-7-16-29(25)37-31(27)30(26)36/h1-18,21,25,29,34H,19-20H2,(H2,33,35).